The van der Waals surface area contributed by atoms with Gasteiger partial charge in [-0.25, -0.2) is 4.79 Å². The number of ether oxygens (including phenoxy) is 1. The lowest BCUT2D eigenvalue weighted by Crippen LogP contribution is -2.65. The molecule has 2 N–H and O–H groups in total. The number of rotatable bonds is 5. The van der Waals surface area contributed by atoms with Crippen molar-refractivity contribution in [3.8, 4) is 0 Å². The molecule has 292 valence electrons. The van der Waals surface area contributed by atoms with Gasteiger partial charge in [-0.2, -0.15) is 0 Å². The van der Waals surface area contributed by atoms with Gasteiger partial charge in [-0.05, 0) is 55.4 Å². The number of likely N-dealkylation sites (tertiary alicyclic amines) is 1. The Balaban J connectivity index is 1.02. The average molecular weight is 741 g/mol. The molecular weight excluding hydrogens is 679 g/mol. The van der Waals surface area contributed by atoms with Crippen molar-refractivity contribution in [3.05, 3.63) is 60.2 Å². The SMILES string of the molecule is CC1(C)C2CC3OB([C@@H]4CCCCCCCCC[C@H](NCc5ccccc5)C(=O)N5C[C@H](OC(=O)N6CC7C=CC=CC7C6)C[C@H]5C(=O)N4)OC3(C)C1C2. The summed E-state index contributed by atoms with van der Waals surface area (Å²) in [7, 11) is -0.542. The molecule has 7 fully saturated rings. The van der Waals surface area contributed by atoms with Crippen LogP contribution in [0.15, 0.2) is 54.6 Å². The standard InChI is InChI=1S/C43H61BN4O6/c1-42(2)32-22-36(42)43(3)37(23-32)53-44(54-43)38-21-13-8-6-4-5-7-12-20-34(45-25-29-16-10-9-11-17-29)40(50)48-28-33(24-35(48)39(49)46-38)52-41(51)47-26-30-18-14-15-19-31(30)27-47/h9-11,14-19,30-38,45H,4-8,12-13,20-28H2,1-3H3,(H,46,49)/t30?,31?,32?,33-,34+,35+,36?,37?,38+,43?/m1/s1. The Hall–Kier alpha value is -3.15. The maximum atomic E-state index is 14.7. The molecule has 3 saturated carbocycles. The predicted octanol–water partition coefficient (Wildman–Crippen LogP) is 6.20. The van der Waals surface area contributed by atoms with Crippen LogP contribution in [0.25, 0.3) is 0 Å². The molecule has 4 heterocycles. The Morgan fingerprint density at radius 2 is 1.59 bits per heavy atom. The zero-order chi connectivity index (χ0) is 37.5. The second-order valence-electron chi connectivity index (χ2n) is 18.2. The number of fused-ring (bicyclic) bond motifs is 2. The van der Waals surface area contributed by atoms with Crippen molar-refractivity contribution in [2.24, 2.45) is 29.1 Å². The molecule has 1 aromatic carbocycles. The van der Waals surface area contributed by atoms with E-state index in [2.05, 4.69) is 55.7 Å². The third kappa shape index (κ3) is 7.53. The van der Waals surface area contributed by atoms with Crippen molar-refractivity contribution in [2.45, 2.75) is 140 Å². The van der Waals surface area contributed by atoms with E-state index in [4.69, 9.17) is 14.0 Å². The van der Waals surface area contributed by atoms with Crippen LogP contribution in [0.1, 0.15) is 103 Å². The van der Waals surface area contributed by atoms with Crippen LogP contribution >= 0.6 is 0 Å². The molecule has 8 aliphatic rings. The molecule has 4 saturated heterocycles. The highest BCUT2D eigenvalue weighted by Crippen LogP contribution is 2.65. The van der Waals surface area contributed by atoms with Crippen LogP contribution < -0.4 is 10.6 Å². The second kappa shape index (κ2) is 15.8. The van der Waals surface area contributed by atoms with Crippen LogP contribution in [0.3, 0.4) is 0 Å². The summed E-state index contributed by atoms with van der Waals surface area (Å²) in [6.07, 6.45) is 18.8. The normalized spacial score (nSPS) is 38.0. The van der Waals surface area contributed by atoms with E-state index in [-0.39, 0.29) is 65.8 Å². The fourth-order valence-electron chi connectivity index (χ4n) is 11.0. The number of hydrogen-bond donors (Lipinski definition) is 2. The molecular formula is C43H61BN4O6. The van der Waals surface area contributed by atoms with E-state index in [0.29, 0.717) is 37.9 Å². The zero-order valence-electron chi connectivity index (χ0n) is 32.6. The third-order valence-corrected chi connectivity index (χ3v) is 14.4. The minimum Gasteiger partial charge on any atom is -0.444 e. The number of benzene rings is 1. The first-order chi connectivity index (χ1) is 26.1. The third-order valence-electron chi connectivity index (χ3n) is 14.4. The number of nitrogens with zero attached hydrogens (tertiary/aromatic N) is 2. The molecule has 0 radical (unpaired) electrons. The first-order valence-corrected chi connectivity index (χ1v) is 21.1. The van der Waals surface area contributed by atoms with Crippen molar-refractivity contribution in [2.75, 3.05) is 19.6 Å². The first-order valence-electron chi connectivity index (χ1n) is 21.1. The highest BCUT2D eigenvalue weighted by Gasteiger charge is 2.68. The molecule has 11 heteroatoms. The Labute approximate surface area is 322 Å². The number of carbonyl (C=O) groups is 3. The molecule has 6 unspecified atom stereocenters. The summed E-state index contributed by atoms with van der Waals surface area (Å²) in [6.45, 7) is 8.90. The van der Waals surface area contributed by atoms with E-state index < -0.39 is 25.3 Å². The van der Waals surface area contributed by atoms with Crippen LogP contribution in [-0.4, -0.2) is 90.3 Å². The van der Waals surface area contributed by atoms with Gasteiger partial charge in [0.05, 0.1) is 30.2 Å². The quantitative estimate of drug-likeness (QED) is 0.346. The summed E-state index contributed by atoms with van der Waals surface area (Å²) < 4.78 is 19.8. The topological polar surface area (TPSA) is 109 Å². The van der Waals surface area contributed by atoms with Crippen LogP contribution in [0, 0.1) is 29.1 Å². The average Bonchev–Trinajstić information content (AvgIpc) is 3.89. The number of allylic oxidation sites excluding steroid dienone is 2. The number of hydrogen-bond acceptors (Lipinski definition) is 7. The summed E-state index contributed by atoms with van der Waals surface area (Å²) in [5.74, 6) is 0.960. The van der Waals surface area contributed by atoms with Gasteiger partial charge in [0.1, 0.15) is 12.1 Å². The van der Waals surface area contributed by atoms with Gasteiger partial charge in [-0.15, -0.1) is 0 Å². The van der Waals surface area contributed by atoms with Gasteiger partial charge in [0.15, 0.2) is 0 Å². The van der Waals surface area contributed by atoms with E-state index >= 15 is 0 Å². The Morgan fingerprint density at radius 1 is 0.907 bits per heavy atom. The summed E-state index contributed by atoms with van der Waals surface area (Å²) in [5, 5.41) is 6.93. The molecule has 54 heavy (non-hydrogen) atoms. The Kier molecular flexibility index (Phi) is 11.0. The molecule has 9 rings (SSSR count). The number of carbonyl (C=O) groups excluding carboxylic acids is 3. The Morgan fingerprint density at radius 3 is 2.30 bits per heavy atom. The fraction of sp³-hybridized carbons (Fsp3) is 0.698. The molecule has 0 spiro atoms. The summed E-state index contributed by atoms with van der Waals surface area (Å²) >= 11 is 0. The molecule has 2 bridgehead atoms. The van der Waals surface area contributed by atoms with Gasteiger partial charge in [0.2, 0.25) is 11.8 Å². The summed E-state index contributed by atoms with van der Waals surface area (Å²) in [6, 6.07) is 8.89. The minimum atomic E-state index is -0.773. The van der Waals surface area contributed by atoms with Gasteiger partial charge in [-0.1, -0.05) is 113 Å². The highest BCUT2D eigenvalue weighted by atomic mass is 16.7. The van der Waals surface area contributed by atoms with E-state index in [1.807, 2.05) is 30.4 Å². The van der Waals surface area contributed by atoms with E-state index in [0.717, 1.165) is 69.8 Å². The lowest BCUT2D eigenvalue weighted by molar-refractivity contribution is -0.199. The zero-order valence-corrected chi connectivity index (χ0v) is 32.6. The van der Waals surface area contributed by atoms with Crippen molar-refractivity contribution < 1.29 is 28.4 Å². The monoisotopic (exact) mass is 740 g/mol. The Bertz CT molecular complexity index is 1570. The van der Waals surface area contributed by atoms with Crippen molar-refractivity contribution in [1.82, 2.24) is 20.4 Å². The van der Waals surface area contributed by atoms with E-state index in [9.17, 15) is 14.4 Å². The number of nitrogens with one attached hydrogen (secondary N) is 2. The van der Waals surface area contributed by atoms with Gasteiger partial charge in [0, 0.05) is 37.9 Å². The maximum absolute atomic E-state index is 14.7. The minimum absolute atomic E-state index is 0.0155. The molecule has 0 aromatic heterocycles. The van der Waals surface area contributed by atoms with Crippen molar-refractivity contribution in [3.63, 3.8) is 0 Å². The van der Waals surface area contributed by atoms with Crippen LogP contribution in [0.4, 0.5) is 4.79 Å². The van der Waals surface area contributed by atoms with Gasteiger partial charge in [0.25, 0.3) is 0 Å². The molecule has 1 aromatic rings. The van der Waals surface area contributed by atoms with Crippen LogP contribution in [0.2, 0.25) is 0 Å². The predicted molar refractivity (Wildman–Crippen MR) is 208 cm³/mol. The highest BCUT2D eigenvalue weighted by molar-refractivity contribution is 6.48. The maximum Gasteiger partial charge on any atom is 0.481 e. The van der Waals surface area contributed by atoms with Gasteiger partial charge in [-0.3, -0.25) is 9.59 Å². The van der Waals surface area contributed by atoms with Crippen molar-refractivity contribution in [1.29, 1.82) is 0 Å². The van der Waals surface area contributed by atoms with Crippen LogP contribution in [0.5, 0.6) is 0 Å². The fourth-order valence-corrected chi connectivity index (χ4v) is 11.0. The molecule has 4 aliphatic carbocycles. The van der Waals surface area contributed by atoms with Crippen LogP contribution in [-0.2, 0) is 30.2 Å². The van der Waals surface area contributed by atoms with Gasteiger partial charge >= 0.3 is 13.2 Å². The number of amides is 3. The first kappa shape index (κ1) is 37.8. The van der Waals surface area contributed by atoms with Crippen molar-refractivity contribution >= 4 is 25.0 Å². The second-order valence-corrected chi connectivity index (χ2v) is 18.2. The lowest BCUT2D eigenvalue weighted by atomic mass is 9.43. The molecule has 10 nitrogen and oxygen atoms in total. The summed E-state index contributed by atoms with van der Waals surface area (Å²) in [4.78, 5) is 46.3. The lowest BCUT2D eigenvalue weighted by Gasteiger charge is -2.64. The summed E-state index contributed by atoms with van der Waals surface area (Å²) in [5.41, 5.74) is 0.939. The van der Waals surface area contributed by atoms with Gasteiger partial charge < -0.3 is 34.5 Å². The molecule has 3 amide bonds. The largest absolute Gasteiger partial charge is 0.481 e. The molecule has 4 aliphatic heterocycles. The smallest absolute Gasteiger partial charge is 0.444 e. The molecule has 10 atom stereocenters. The van der Waals surface area contributed by atoms with E-state index in [1.54, 1.807) is 9.80 Å². The van der Waals surface area contributed by atoms with E-state index in [1.165, 1.54) is 0 Å².